The van der Waals surface area contributed by atoms with Crippen LogP contribution in [-0.2, 0) is 6.42 Å². The average Bonchev–Trinajstić information content (AvgIpc) is 3.21. The van der Waals surface area contributed by atoms with Crippen molar-refractivity contribution in [3.05, 3.63) is 35.5 Å². The summed E-state index contributed by atoms with van der Waals surface area (Å²) in [4.78, 5) is 18.6. The van der Waals surface area contributed by atoms with Crippen molar-refractivity contribution in [2.24, 2.45) is 0 Å². The number of piperidine rings is 1. The second kappa shape index (κ2) is 6.03. The zero-order valence-corrected chi connectivity index (χ0v) is 13.9. The van der Waals surface area contributed by atoms with Gasteiger partial charge in [-0.05, 0) is 38.0 Å². The Morgan fingerprint density at radius 1 is 1.36 bits per heavy atom. The van der Waals surface area contributed by atoms with Crippen LogP contribution in [0, 0.1) is 6.92 Å². The first-order chi connectivity index (χ1) is 12.0. The molecule has 1 atom stereocenters. The molecule has 0 aliphatic carbocycles. The highest BCUT2D eigenvalue weighted by Gasteiger charge is 2.37. The summed E-state index contributed by atoms with van der Waals surface area (Å²) in [5.74, 6) is 1.98. The Balaban J connectivity index is 1.49. The third-order valence-corrected chi connectivity index (χ3v) is 4.51. The van der Waals surface area contributed by atoms with E-state index in [1.54, 1.807) is 30.0 Å². The number of hydrogen-bond donors (Lipinski definition) is 1. The van der Waals surface area contributed by atoms with E-state index >= 15 is 0 Å². The van der Waals surface area contributed by atoms with Gasteiger partial charge < -0.3 is 24.0 Å². The van der Waals surface area contributed by atoms with E-state index in [-0.39, 0.29) is 25.7 Å². The maximum absolute atomic E-state index is 12.8. The van der Waals surface area contributed by atoms with Crippen molar-refractivity contribution in [1.82, 2.24) is 15.0 Å². The predicted molar refractivity (Wildman–Crippen MR) is 85.4 cm³/mol. The van der Waals surface area contributed by atoms with Crippen LogP contribution in [0.2, 0.25) is 0 Å². The normalized spacial score (nSPS) is 22.2. The molecule has 2 aliphatic rings. The van der Waals surface area contributed by atoms with Crippen LogP contribution in [0.5, 0.6) is 11.5 Å². The molecule has 8 nitrogen and oxygen atoms in total. The number of aliphatic hydroxyl groups is 1. The molecule has 1 aromatic carbocycles. The highest BCUT2D eigenvalue weighted by molar-refractivity contribution is 5.95. The lowest BCUT2D eigenvalue weighted by Crippen LogP contribution is -2.51. The summed E-state index contributed by atoms with van der Waals surface area (Å²) < 4.78 is 15.7. The van der Waals surface area contributed by atoms with Crippen molar-refractivity contribution in [3.8, 4) is 11.5 Å². The number of likely N-dealkylation sites (tertiary alicyclic amines) is 1. The molecule has 2 aromatic rings. The molecule has 0 radical (unpaired) electrons. The maximum atomic E-state index is 12.8. The number of amides is 1. The highest BCUT2D eigenvalue weighted by atomic mass is 16.7. The fourth-order valence-corrected chi connectivity index (χ4v) is 3.34. The Bertz CT molecular complexity index is 805. The van der Waals surface area contributed by atoms with E-state index in [1.807, 2.05) is 0 Å². The van der Waals surface area contributed by atoms with Crippen molar-refractivity contribution in [2.75, 3.05) is 19.9 Å². The molecular weight excluding hydrogens is 326 g/mol. The van der Waals surface area contributed by atoms with Crippen LogP contribution in [0.15, 0.2) is 22.7 Å². The van der Waals surface area contributed by atoms with E-state index in [4.69, 9.17) is 14.0 Å². The van der Waals surface area contributed by atoms with Crippen molar-refractivity contribution in [1.29, 1.82) is 0 Å². The molecule has 1 fully saturated rings. The molecular formula is C17H19N3O5. The number of aromatic nitrogens is 2. The van der Waals surface area contributed by atoms with E-state index < -0.39 is 5.60 Å². The summed E-state index contributed by atoms with van der Waals surface area (Å²) in [5, 5.41) is 14.6. The van der Waals surface area contributed by atoms with E-state index in [9.17, 15) is 9.90 Å². The summed E-state index contributed by atoms with van der Waals surface area (Å²) in [6, 6.07) is 5.12. The predicted octanol–water partition coefficient (Wildman–Crippen LogP) is 1.32. The van der Waals surface area contributed by atoms with Gasteiger partial charge in [0.2, 0.25) is 12.7 Å². The molecule has 3 heterocycles. The van der Waals surface area contributed by atoms with Crippen LogP contribution in [-0.4, -0.2) is 51.5 Å². The molecule has 0 bridgehead atoms. The Labute approximate surface area is 144 Å². The largest absolute Gasteiger partial charge is 0.454 e. The van der Waals surface area contributed by atoms with E-state index in [1.165, 1.54) is 0 Å². The van der Waals surface area contributed by atoms with Crippen LogP contribution in [0.3, 0.4) is 0 Å². The summed E-state index contributed by atoms with van der Waals surface area (Å²) in [5.41, 5.74) is -0.550. The van der Waals surface area contributed by atoms with Crippen molar-refractivity contribution in [2.45, 2.75) is 31.8 Å². The second-order valence-electron chi connectivity index (χ2n) is 6.53. The summed E-state index contributed by atoms with van der Waals surface area (Å²) in [6.45, 7) is 2.72. The number of aryl methyl sites for hydroxylation is 1. The molecule has 1 aromatic heterocycles. The zero-order chi connectivity index (χ0) is 17.4. The summed E-state index contributed by atoms with van der Waals surface area (Å²) in [6.07, 6.45) is 1.53. The monoisotopic (exact) mass is 345 g/mol. The third kappa shape index (κ3) is 3.17. The topological polar surface area (TPSA) is 97.9 Å². The molecule has 0 spiro atoms. The van der Waals surface area contributed by atoms with E-state index in [2.05, 4.69) is 10.1 Å². The number of carbonyl (C=O) groups is 1. The van der Waals surface area contributed by atoms with E-state index in [0.717, 1.165) is 0 Å². The van der Waals surface area contributed by atoms with Gasteiger partial charge in [0, 0.05) is 12.1 Å². The fourth-order valence-electron chi connectivity index (χ4n) is 3.34. The first kappa shape index (κ1) is 15.9. The lowest BCUT2D eigenvalue weighted by atomic mass is 9.89. The number of carbonyl (C=O) groups excluding carboxylic acids is 1. The Hall–Kier alpha value is -2.61. The molecule has 25 heavy (non-hydrogen) atoms. The fraction of sp³-hybridized carbons (Fsp3) is 0.471. The van der Waals surface area contributed by atoms with Gasteiger partial charge in [-0.25, -0.2) is 0 Å². The lowest BCUT2D eigenvalue weighted by Gasteiger charge is -2.38. The average molecular weight is 345 g/mol. The maximum Gasteiger partial charge on any atom is 0.254 e. The first-order valence-electron chi connectivity index (χ1n) is 8.23. The van der Waals surface area contributed by atoms with Gasteiger partial charge in [0.1, 0.15) is 0 Å². The van der Waals surface area contributed by atoms with E-state index in [0.29, 0.717) is 48.2 Å². The van der Waals surface area contributed by atoms with Crippen molar-refractivity contribution in [3.63, 3.8) is 0 Å². The number of rotatable bonds is 3. The van der Waals surface area contributed by atoms with Gasteiger partial charge in [0.15, 0.2) is 17.3 Å². The molecule has 1 saturated heterocycles. The quantitative estimate of drug-likeness (QED) is 0.896. The SMILES string of the molecule is Cc1noc(CC2(O)CCCN(C(=O)c3ccc4c(c3)OCO4)C2)n1. The minimum absolute atomic E-state index is 0.141. The molecule has 132 valence electrons. The van der Waals surface area contributed by atoms with Crippen LogP contribution < -0.4 is 9.47 Å². The van der Waals surface area contributed by atoms with Crippen molar-refractivity contribution < 1.29 is 23.9 Å². The number of fused-ring (bicyclic) bond motifs is 1. The Morgan fingerprint density at radius 2 is 2.20 bits per heavy atom. The van der Waals surface area contributed by atoms with Crippen LogP contribution >= 0.6 is 0 Å². The molecule has 8 heteroatoms. The van der Waals surface area contributed by atoms with Crippen LogP contribution in [0.1, 0.15) is 34.9 Å². The molecule has 0 saturated carbocycles. The summed E-state index contributed by atoms with van der Waals surface area (Å²) in [7, 11) is 0. The smallest absolute Gasteiger partial charge is 0.254 e. The highest BCUT2D eigenvalue weighted by Crippen LogP contribution is 2.33. The van der Waals surface area contributed by atoms with Gasteiger partial charge in [-0.2, -0.15) is 4.98 Å². The second-order valence-corrected chi connectivity index (χ2v) is 6.53. The third-order valence-electron chi connectivity index (χ3n) is 4.51. The number of benzene rings is 1. The van der Waals surface area contributed by atoms with Gasteiger partial charge >= 0.3 is 0 Å². The number of β-amino-alcohol motifs (C(OH)–C–C–N with tert-alkyl or cyclic N) is 1. The minimum Gasteiger partial charge on any atom is -0.454 e. The Kier molecular flexibility index (Phi) is 3.84. The summed E-state index contributed by atoms with van der Waals surface area (Å²) >= 11 is 0. The van der Waals surface area contributed by atoms with Gasteiger partial charge in [-0.3, -0.25) is 4.79 Å². The Morgan fingerprint density at radius 3 is 3.00 bits per heavy atom. The van der Waals surface area contributed by atoms with Crippen LogP contribution in [0.25, 0.3) is 0 Å². The minimum atomic E-state index is -1.07. The number of nitrogens with zero attached hydrogens (tertiary/aromatic N) is 3. The van der Waals surface area contributed by atoms with Crippen LogP contribution in [0.4, 0.5) is 0 Å². The number of ether oxygens (including phenoxy) is 2. The van der Waals surface area contributed by atoms with Gasteiger partial charge in [-0.15, -0.1) is 0 Å². The molecule has 2 aliphatic heterocycles. The van der Waals surface area contributed by atoms with Gasteiger partial charge in [0.05, 0.1) is 18.6 Å². The molecule has 1 N–H and O–H groups in total. The zero-order valence-electron chi connectivity index (χ0n) is 13.9. The molecule has 1 unspecified atom stereocenters. The first-order valence-corrected chi connectivity index (χ1v) is 8.23. The molecule has 4 rings (SSSR count). The molecule has 1 amide bonds. The lowest BCUT2D eigenvalue weighted by molar-refractivity contribution is -0.0286. The standard InChI is InChI=1S/C17H19N3O5/c1-11-18-15(25-19-11)8-17(22)5-2-6-20(9-17)16(21)12-3-4-13-14(7-12)24-10-23-13/h3-4,7,22H,2,5-6,8-10H2,1H3. The van der Waals surface area contributed by atoms with Crippen molar-refractivity contribution >= 4 is 5.91 Å². The van der Waals surface area contributed by atoms with Gasteiger partial charge in [-0.1, -0.05) is 5.16 Å². The van der Waals surface area contributed by atoms with Gasteiger partial charge in [0.25, 0.3) is 5.91 Å². The number of hydrogen-bond acceptors (Lipinski definition) is 7.